The van der Waals surface area contributed by atoms with Gasteiger partial charge in [-0.05, 0) is 42.8 Å². The second kappa shape index (κ2) is 8.19. The number of fused-ring (bicyclic) bond motifs is 1. The van der Waals surface area contributed by atoms with Gasteiger partial charge in [-0.1, -0.05) is 34.1 Å². The molecule has 2 aromatic carbocycles. The molecule has 0 aliphatic heterocycles. The molecule has 0 unspecified atom stereocenters. The fourth-order valence-electron chi connectivity index (χ4n) is 2.46. The molecule has 0 N–H and O–H groups in total. The smallest absolute Gasteiger partial charge is 0.343 e. The van der Waals surface area contributed by atoms with Gasteiger partial charge in [0.25, 0.3) is 0 Å². The van der Waals surface area contributed by atoms with Gasteiger partial charge in [-0.2, -0.15) is 0 Å². The summed E-state index contributed by atoms with van der Waals surface area (Å²) >= 11 is 3.43. The van der Waals surface area contributed by atoms with E-state index in [1.165, 1.54) is 0 Å². The quantitative estimate of drug-likeness (QED) is 0.543. The Labute approximate surface area is 160 Å². The minimum Gasteiger partial charge on any atom is -0.497 e. The van der Waals surface area contributed by atoms with Crippen LogP contribution in [0.25, 0.3) is 10.9 Å². The molecule has 0 amide bonds. The second-order valence-electron chi connectivity index (χ2n) is 5.54. The van der Waals surface area contributed by atoms with Crippen molar-refractivity contribution in [3.05, 3.63) is 64.1 Å². The maximum Gasteiger partial charge on any atom is 0.343 e. The molecule has 0 aliphatic carbocycles. The van der Waals surface area contributed by atoms with Gasteiger partial charge in [-0.3, -0.25) is 0 Å². The lowest BCUT2D eigenvalue weighted by Crippen LogP contribution is -2.09. The van der Waals surface area contributed by atoms with Crippen molar-refractivity contribution < 1.29 is 19.0 Å². The lowest BCUT2D eigenvalue weighted by molar-refractivity contribution is 0.0520. The van der Waals surface area contributed by atoms with Crippen LogP contribution >= 0.6 is 15.9 Å². The number of benzene rings is 2. The monoisotopic (exact) mass is 415 g/mol. The van der Waals surface area contributed by atoms with E-state index in [2.05, 4.69) is 20.9 Å². The summed E-state index contributed by atoms with van der Waals surface area (Å²) in [5.41, 5.74) is 1.99. The zero-order valence-corrected chi connectivity index (χ0v) is 16.1. The maximum atomic E-state index is 12.3. The molecule has 3 aromatic rings. The number of nitrogens with zero attached hydrogens (tertiary/aromatic N) is 1. The van der Waals surface area contributed by atoms with Crippen LogP contribution in [0.5, 0.6) is 11.6 Å². The van der Waals surface area contributed by atoms with Crippen LogP contribution in [0.3, 0.4) is 0 Å². The molecule has 1 aromatic heterocycles. The number of carbonyl (C=O) groups is 1. The highest BCUT2D eigenvalue weighted by Gasteiger charge is 2.17. The molecule has 6 heteroatoms. The van der Waals surface area contributed by atoms with Crippen molar-refractivity contribution >= 4 is 32.8 Å². The van der Waals surface area contributed by atoms with Gasteiger partial charge in [0.05, 0.1) is 19.2 Å². The number of halogens is 1. The number of rotatable bonds is 6. The molecule has 0 fully saturated rings. The van der Waals surface area contributed by atoms with E-state index in [9.17, 15) is 4.79 Å². The average Bonchev–Trinajstić information content (AvgIpc) is 2.66. The Morgan fingerprint density at radius 2 is 1.88 bits per heavy atom. The highest BCUT2D eigenvalue weighted by Crippen LogP contribution is 2.26. The van der Waals surface area contributed by atoms with E-state index in [4.69, 9.17) is 14.2 Å². The molecule has 5 nitrogen and oxygen atoms in total. The Balaban J connectivity index is 1.92. The van der Waals surface area contributed by atoms with Gasteiger partial charge in [0.1, 0.15) is 17.9 Å². The molecule has 0 spiro atoms. The summed E-state index contributed by atoms with van der Waals surface area (Å²) < 4.78 is 17.0. The van der Waals surface area contributed by atoms with Crippen LogP contribution in [0, 0.1) is 0 Å². The molecule has 26 heavy (non-hydrogen) atoms. The zero-order valence-electron chi connectivity index (χ0n) is 14.5. The number of carbonyl (C=O) groups excluding carboxylic acids is 1. The SMILES string of the molecule is CCOC(=O)c1cc2ccc(Br)cc2nc1OCc1ccc(OC)cc1. The Bertz CT molecular complexity index is 925. The number of methoxy groups -OCH3 is 1. The first-order valence-electron chi connectivity index (χ1n) is 8.14. The summed E-state index contributed by atoms with van der Waals surface area (Å²) in [4.78, 5) is 16.8. The number of pyridine rings is 1. The van der Waals surface area contributed by atoms with E-state index in [-0.39, 0.29) is 19.1 Å². The third kappa shape index (κ3) is 4.14. The molecular weight excluding hydrogens is 398 g/mol. The molecule has 0 bridgehead atoms. The van der Waals surface area contributed by atoms with Crippen molar-refractivity contribution in [3.8, 4) is 11.6 Å². The fraction of sp³-hybridized carbons (Fsp3) is 0.200. The van der Waals surface area contributed by atoms with Gasteiger partial charge in [0.2, 0.25) is 5.88 Å². The first-order chi connectivity index (χ1) is 12.6. The molecule has 0 radical (unpaired) electrons. The minimum atomic E-state index is -0.449. The van der Waals surface area contributed by atoms with Crippen molar-refractivity contribution in [1.82, 2.24) is 4.98 Å². The van der Waals surface area contributed by atoms with Gasteiger partial charge in [-0.15, -0.1) is 0 Å². The third-order valence-electron chi connectivity index (χ3n) is 3.77. The predicted octanol–water partition coefficient (Wildman–Crippen LogP) is 4.76. The average molecular weight is 416 g/mol. The molecule has 0 atom stereocenters. The molecule has 0 saturated carbocycles. The summed E-state index contributed by atoms with van der Waals surface area (Å²) in [5, 5.41) is 0.841. The van der Waals surface area contributed by atoms with Crippen molar-refractivity contribution in [3.63, 3.8) is 0 Å². The van der Waals surface area contributed by atoms with Crippen LogP contribution in [-0.2, 0) is 11.3 Å². The van der Waals surface area contributed by atoms with Gasteiger partial charge in [0, 0.05) is 9.86 Å². The highest BCUT2D eigenvalue weighted by atomic mass is 79.9. The number of hydrogen-bond acceptors (Lipinski definition) is 5. The van der Waals surface area contributed by atoms with Crippen molar-refractivity contribution in [2.75, 3.05) is 13.7 Å². The van der Waals surface area contributed by atoms with Crippen LogP contribution in [0.15, 0.2) is 53.0 Å². The third-order valence-corrected chi connectivity index (χ3v) is 4.27. The highest BCUT2D eigenvalue weighted by molar-refractivity contribution is 9.10. The van der Waals surface area contributed by atoms with Gasteiger partial charge in [-0.25, -0.2) is 9.78 Å². The van der Waals surface area contributed by atoms with Crippen LogP contribution in [0.2, 0.25) is 0 Å². The number of esters is 1. The Morgan fingerprint density at radius 3 is 2.58 bits per heavy atom. The summed E-state index contributed by atoms with van der Waals surface area (Å²) in [6.45, 7) is 2.33. The number of aromatic nitrogens is 1. The van der Waals surface area contributed by atoms with Crippen molar-refractivity contribution in [2.45, 2.75) is 13.5 Å². The van der Waals surface area contributed by atoms with Crippen LogP contribution in [-0.4, -0.2) is 24.7 Å². The van der Waals surface area contributed by atoms with E-state index >= 15 is 0 Å². The molecule has 134 valence electrons. The lowest BCUT2D eigenvalue weighted by Gasteiger charge is -2.12. The van der Waals surface area contributed by atoms with E-state index in [0.717, 1.165) is 26.7 Å². The molecule has 0 saturated heterocycles. The summed E-state index contributed by atoms with van der Waals surface area (Å²) in [6, 6.07) is 14.9. The van der Waals surface area contributed by atoms with E-state index in [1.54, 1.807) is 20.1 Å². The lowest BCUT2D eigenvalue weighted by atomic mass is 10.1. The summed E-state index contributed by atoms with van der Waals surface area (Å²) in [6.07, 6.45) is 0. The second-order valence-corrected chi connectivity index (χ2v) is 6.45. The Kier molecular flexibility index (Phi) is 5.73. The van der Waals surface area contributed by atoms with Gasteiger partial charge >= 0.3 is 5.97 Å². The first-order valence-corrected chi connectivity index (χ1v) is 8.93. The maximum absolute atomic E-state index is 12.3. The normalized spacial score (nSPS) is 10.6. The van der Waals surface area contributed by atoms with Crippen molar-refractivity contribution in [2.24, 2.45) is 0 Å². The van der Waals surface area contributed by atoms with Crippen LogP contribution < -0.4 is 9.47 Å². The predicted molar refractivity (Wildman–Crippen MR) is 103 cm³/mol. The molecule has 1 heterocycles. The summed E-state index contributed by atoms with van der Waals surface area (Å²) in [5.74, 6) is 0.578. The molecule has 0 aliphatic rings. The Hall–Kier alpha value is -2.60. The molecular formula is C20H18BrNO4. The largest absolute Gasteiger partial charge is 0.497 e. The van der Waals surface area contributed by atoms with Gasteiger partial charge < -0.3 is 14.2 Å². The van der Waals surface area contributed by atoms with Crippen LogP contribution in [0.1, 0.15) is 22.8 Å². The van der Waals surface area contributed by atoms with Crippen LogP contribution in [0.4, 0.5) is 0 Å². The topological polar surface area (TPSA) is 57.7 Å². The van der Waals surface area contributed by atoms with E-state index < -0.39 is 5.97 Å². The summed E-state index contributed by atoms with van der Waals surface area (Å²) in [7, 11) is 1.62. The standard InChI is InChI=1S/C20H18BrNO4/c1-3-25-20(23)17-10-14-6-7-15(21)11-18(14)22-19(17)26-12-13-4-8-16(24-2)9-5-13/h4-11H,3,12H2,1-2H3. The molecule has 3 rings (SSSR count). The van der Waals surface area contributed by atoms with Crippen molar-refractivity contribution in [1.29, 1.82) is 0 Å². The minimum absolute atomic E-state index is 0.255. The Morgan fingerprint density at radius 1 is 1.12 bits per heavy atom. The first kappa shape index (κ1) is 18.2. The fourth-order valence-corrected chi connectivity index (χ4v) is 2.81. The number of ether oxygens (including phenoxy) is 3. The zero-order chi connectivity index (χ0) is 18.5. The van der Waals surface area contributed by atoms with Gasteiger partial charge in [0.15, 0.2) is 0 Å². The number of hydrogen-bond donors (Lipinski definition) is 0. The van der Waals surface area contributed by atoms with E-state index in [1.807, 2.05) is 42.5 Å². The van der Waals surface area contributed by atoms with E-state index in [0.29, 0.717) is 5.56 Å².